The zero-order valence-electron chi connectivity index (χ0n) is 71.2. The Balaban J connectivity index is 0.000000158. The number of aryl methyl sites for hydroxylation is 4. The first kappa shape index (κ1) is 96.8. The fourth-order valence-electron chi connectivity index (χ4n) is 14.1. The highest BCUT2D eigenvalue weighted by Gasteiger charge is 2.27. The van der Waals surface area contributed by atoms with Gasteiger partial charge in [0, 0.05) is 122 Å². The topological polar surface area (TPSA) is 375 Å². The number of likely N-dealkylation sites (tertiary alicyclic amines) is 2. The molecule has 0 unspecified atom stereocenters. The first-order chi connectivity index (χ1) is 62.8. The molecular formula is C97H86Cl8N18O8. The minimum absolute atomic E-state index is 0.206. The van der Waals surface area contributed by atoms with Crippen molar-refractivity contribution in [3.63, 3.8) is 0 Å². The first-order valence-corrected chi connectivity index (χ1v) is 44.2. The number of pyridine rings is 4. The third-order valence-electron chi connectivity index (χ3n) is 20.9. The van der Waals surface area contributed by atoms with Crippen LogP contribution >= 0.6 is 92.8 Å². The van der Waals surface area contributed by atoms with Crippen LogP contribution in [-0.4, -0.2) is 133 Å². The summed E-state index contributed by atoms with van der Waals surface area (Å²) in [4.78, 5) is 128. The van der Waals surface area contributed by atoms with E-state index in [1.54, 1.807) is 192 Å². The van der Waals surface area contributed by atoms with E-state index in [1.807, 2.05) is 17.0 Å². The highest BCUT2D eigenvalue weighted by Crippen LogP contribution is 2.34. The molecule has 2 fully saturated rings. The number of nitrogens with zero attached hydrogens (tertiary/aromatic N) is 7. The lowest BCUT2D eigenvalue weighted by atomic mass is 10.0. The maximum absolute atomic E-state index is 13.0. The van der Waals surface area contributed by atoms with E-state index in [-0.39, 0.29) is 45.9 Å². The fraction of sp³-hybridized carbons (Fsp3) is 0.175. The summed E-state index contributed by atoms with van der Waals surface area (Å²) in [5.41, 5.74) is 11.4. The molecule has 8 aromatic carbocycles. The molecule has 11 N–H and O–H groups in total. The molecule has 0 spiro atoms. The normalized spacial score (nSPS) is 12.5. The van der Waals surface area contributed by atoms with E-state index in [0.717, 1.165) is 99.2 Å². The number of halogens is 8. The van der Waals surface area contributed by atoms with Gasteiger partial charge >= 0.3 is 0 Å². The number of hydrogen-bond donors (Lipinski definition) is 11. The van der Waals surface area contributed by atoms with Crippen molar-refractivity contribution in [3.8, 4) is 0 Å². The lowest BCUT2D eigenvalue weighted by Gasteiger charge is -2.29. The van der Waals surface area contributed by atoms with Gasteiger partial charge in [0.1, 0.15) is 34.9 Å². The third-order valence-corrected chi connectivity index (χ3v) is 22.6. The van der Waals surface area contributed by atoms with E-state index < -0.39 is 23.6 Å². The second kappa shape index (κ2) is 45.3. The van der Waals surface area contributed by atoms with Crippen LogP contribution in [-0.2, 0) is 0 Å². The van der Waals surface area contributed by atoms with Crippen LogP contribution in [0.3, 0.4) is 0 Å². The zero-order chi connectivity index (χ0) is 93.7. The average Bonchev–Trinajstić information content (AvgIpc) is 1.28. The third kappa shape index (κ3) is 26.5. The van der Waals surface area contributed by atoms with Crippen molar-refractivity contribution in [3.05, 3.63) is 348 Å². The van der Waals surface area contributed by atoms with Crippen LogP contribution in [0.25, 0.3) is 0 Å². The molecule has 131 heavy (non-hydrogen) atoms. The largest absolute Gasteiger partial charge is 0.357 e. The molecule has 8 amide bonds. The van der Waals surface area contributed by atoms with Gasteiger partial charge in [0.05, 0.1) is 65.1 Å². The van der Waals surface area contributed by atoms with Gasteiger partial charge in [0.25, 0.3) is 47.3 Å². The molecule has 0 bridgehead atoms. The van der Waals surface area contributed by atoms with Gasteiger partial charge in [-0.2, -0.15) is 0 Å². The Morgan fingerprint density at radius 1 is 0.290 bits per heavy atom. The minimum Gasteiger partial charge on any atom is -0.357 e. The molecule has 12 aromatic rings. The van der Waals surface area contributed by atoms with E-state index in [2.05, 4.69) is 72.4 Å². The Morgan fingerprint density at radius 3 is 0.786 bits per heavy atom. The molecule has 668 valence electrons. The van der Waals surface area contributed by atoms with Crippen LogP contribution in [0.2, 0.25) is 40.2 Å². The molecule has 34 heteroatoms. The van der Waals surface area contributed by atoms with E-state index in [4.69, 9.17) is 109 Å². The van der Waals surface area contributed by atoms with Gasteiger partial charge in [-0.05, 0) is 259 Å². The van der Waals surface area contributed by atoms with Crippen molar-refractivity contribution in [2.45, 2.75) is 79.6 Å². The predicted octanol–water partition coefficient (Wildman–Crippen LogP) is 23.0. The minimum atomic E-state index is -0.472. The standard InChI is InChI=1S/C26H25Cl2N5O2.C25H23Cl2N5O2.C24H20Cl2N4O2.C22H18Cl2N4O2/c1-16-13-20(28)14-21(26(35)31-22-10-9-19(27)15-30-22)23(16)32-25(34)18-7-5-17(6-8-18)24(29)33-11-3-2-4-12-33;1-15-12-19(27)13-20(25(34)30-21-9-8-18(26)14-29-21)22(15)31-24(33)17-6-4-16(5-7-17)23(28)32-10-2-3-11-32;1-14-11-18(26)12-19(24(32)29-21-9-8-17(25)13-28-21)22(14)30-23(31)16-6-4-15(5-7-16)20-3-2-10-27-20;1-12-9-17(24)10-18(22(30)27-19-8-7-16(23)11-26-19)20(12)28-21(29)15-5-3-14(4-6-15)13(2)25/h5-10,13-15,29H,2-4,11-12H2,1H3,(H,32,34)(H,30,31,35);4-9,12-14,28H,2-3,10-11H2,1H3,(H,31,33)(H,29,30,34);4-9,11-13H,2-3,10H2,1H3,(H,30,31)(H,28,29,32);3-11,25H,1-2H3,(H,28,29)(H,26,27,30). The molecule has 0 saturated carbocycles. The molecule has 2 saturated heterocycles. The number of carbonyl (C=O) groups is 8. The zero-order valence-corrected chi connectivity index (χ0v) is 77.2. The van der Waals surface area contributed by atoms with Crippen LogP contribution in [0.15, 0.2) is 224 Å². The molecule has 0 atom stereocenters. The molecule has 3 aliphatic heterocycles. The number of piperidine rings is 1. The van der Waals surface area contributed by atoms with Crippen molar-refractivity contribution in [1.82, 2.24) is 29.7 Å². The molecule has 26 nitrogen and oxygen atoms in total. The number of aromatic nitrogens is 4. The van der Waals surface area contributed by atoms with Crippen LogP contribution < -0.4 is 42.5 Å². The number of amidine groups is 2. The summed E-state index contributed by atoms with van der Waals surface area (Å²) >= 11 is 48.1. The molecular weight excluding hydrogens is 1830 g/mol. The van der Waals surface area contributed by atoms with Gasteiger partial charge in [0.2, 0.25) is 0 Å². The number of amides is 8. The van der Waals surface area contributed by atoms with E-state index >= 15 is 0 Å². The maximum atomic E-state index is 13.0. The smallest absolute Gasteiger partial charge is 0.258 e. The number of hydrogen-bond acceptors (Lipinski definition) is 16. The Kier molecular flexibility index (Phi) is 33.5. The van der Waals surface area contributed by atoms with Gasteiger partial charge in [-0.1, -0.05) is 141 Å². The summed E-state index contributed by atoms with van der Waals surface area (Å²) in [5.74, 6) is -1.08. The molecule has 4 aromatic heterocycles. The molecule has 15 rings (SSSR count). The summed E-state index contributed by atoms with van der Waals surface area (Å²) in [6.07, 6.45) is 13.3. The number of carbonyl (C=O) groups excluding carboxylic acids is 8. The van der Waals surface area contributed by atoms with E-state index in [9.17, 15) is 38.4 Å². The SMILES string of the molecule is CC(=N)c1ccc(C(=O)Nc2c(C)cc(Cl)cc2C(=O)Nc2ccc(Cl)cn2)cc1.Cc1cc(Cl)cc(C(=O)Nc2ccc(Cl)cn2)c1NC(=O)c1ccc(C(=N)N2CCCC2)cc1.Cc1cc(Cl)cc(C(=O)Nc2ccc(Cl)cn2)c1NC(=O)c1ccc(C(=N)N2CCCCC2)cc1.Cc1cc(Cl)cc(C(=O)Nc2ccc(Cl)cn2)c1NC(=O)c1ccc(C2=NCCC2)cc1. The quantitative estimate of drug-likeness (QED) is 0.0250. The Hall–Kier alpha value is -13.3. The van der Waals surface area contributed by atoms with E-state index in [0.29, 0.717) is 148 Å². The van der Waals surface area contributed by atoms with E-state index in [1.165, 1.54) is 55.5 Å². The Labute approximate surface area is 795 Å². The second-order valence-corrected chi connectivity index (χ2v) is 34.0. The van der Waals surface area contributed by atoms with Crippen molar-refractivity contribution >= 4 is 209 Å². The molecule has 3 aliphatic rings. The number of aliphatic imine (C=N–C) groups is 1. The maximum Gasteiger partial charge on any atom is 0.258 e. The fourth-order valence-corrected chi connectivity index (χ4v) is 15.6. The van der Waals surface area contributed by atoms with Crippen LogP contribution in [0.1, 0.15) is 179 Å². The monoisotopic (exact) mass is 1910 g/mol. The lowest BCUT2D eigenvalue weighted by Crippen LogP contribution is -2.35. The van der Waals surface area contributed by atoms with Gasteiger partial charge in [-0.25, -0.2) is 19.9 Å². The highest BCUT2D eigenvalue weighted by molar-refractivity contribution is 6.34. The highest BCUT2D eigenvalue weighted by atomic mass is 35.5. The number of rotatable bonds is 20. The summed E-state index contributed by atoms with van der Waals surface area (Å²) in [6, 6.07) is 53.3. The Bertz CT molecular complexity index is 6360. The van der Waals surface area contributed by atoms with Crippen molar-refractivity contribution in [1.29, 1.82) is 16.2 Å². The van der Waals surface area contributed by atoms with Gasteiger partial charge < -0.3 is 57.7 Å². The number of benzene rings is 8. The number of anilines is 8. The molecule has 0 aliphatic carbocycles. The van der Waals surface area contributed by atoms with Crippen molar-refractivity contribution in [2.24, 2.45) is 4.99 Å². The Morgan fingerprint density at radius 2 is 0.542 bits per heavy atom. The van der Waals surface area contributed by atoms with Crippen molar-refractivity contribution < 1.29 is 38.4 Å². The van der Waals surface area contributed by atoms with Gasteiger partial charge in [0.15, 0.2) is 0 Å². The molecule has 0 radical (unpaired) electrons. The van der Waals surface area contributed by atoms with Gasteiger partial charge in [-0.15, -0.1) is 0 Å². The lowest BCUT2D eigenvalue weighted by molar-refractivity contribution is 0.101. The summed E-state index contributed by atoms with van der Waals surface area (Å²) in [7, 11) is 0. The summed E-state index contributed by atoms with van der Waals surface area (Å²) in [6.45, 7) is 13.1. The summed E-state index contributed by atoms with van der Waals surface area (Å²) in [5, 5.41) is 49.9. The van der Waals surface area contributed by atoms with Crippen LogP contribution in [0.4, 0.5) is 46.0 Å². The van der Waals surface area contributed by atoms with Crippen LogP contribution in [0, 0.1) is 43.9 Å². The molecule has 7 heterocycles. The number of nitrogens with one attached hydrogen (secondary N) is 11. The second-order valence-electron chi connectivity index (χ2n) is 30.5. The average molecular weight is 1920 g/mol. The van der Waals surface area contributed by atoms with Gasteiger partial charge in [-0.3, -0.25) is 54.2 Å². The van der Waals surface area contributed by atoms with Crippen molar-refractivity contribution in [2.75, 3.05) is 75.3 Å². The first-order valence-electron chi connectivity index (χ1n) is 41.1. The van der Waals surface area contributed by atoms with Crippen LogP contribution in [0.5, 0.6) is 0 Å². The predicted molar refractivity (Wildman–Crippen MR) is 524 cm³/mol. The summed E-state index contributed by atoms with van der Waals surface area (Å²) < 4.78 is 0.